The normalized spacial score (nSPS) is 20.7. The summed E-state index contributed by atoms with van der Waals surface area (Å²) in [5.41, 5.74) is 1.06. The lowest BCUT2D eigenvalue weighted by Crippen LogP contribution is -2.48. The number of hydrogen-bond donors (Lipinski definition) is 1. The highest BCUT2D eigenvalue weighted by Crippen LogP contribution is 2.47. The van der Waals surface area contributed by atoms with E-state index in [2.05, 4.69) is 14.9 Å². The van der Waals surface area contributed by atoms with Crippen molar-refractivity contribution in [2.45, 2.75) is 32.1 Å². The molecule has 2 aliphatic rings. The van der Waals surface area contributed by atoms with Crippen LogP contribution in [0, 0.1) is 5.41 Å². The minimum atomic E-state index is -0.0834. The number of fused-ring (bicyclic) bond motifs is 1. The quantitative estimate of drug-likeness (QED) is 0.879. The molecule has 1 saturated carbocycles. The molecule has 0 amide bonds. The van der Waals surface area contributed by atoms with Crippen LogP contribution >= 0.6 is 11.6 Å². The second-order valence-electron chi connectivity index (χ2n) is 6.43. The molecule has 2 fully saturated rings. The van der Waals surface area contributed by atoms with Crippen LogP contribution in [0.4, 0.5) is 5.95 Å². The Morgan fingerprint density at radius 2 is 2.05 bits per heavy atom. The highest BCUT2D eigenvalue weighted by molar-refractivity contribution is 6.31. The Kier molecular flexibility index (Phi) is 2.96. The van der Waals surface area contributed by atoms with E-state index in [0.717, 1.165) is 13.1 Å². The van der Waals surface area contributed by atoms with Gasteiger partial charge in [0.25, 0.3) is 5.56 Å². The third-order valence-electron chi connectivity index (χ3n) is 5.03. The maximum absolute atomic E-state index is 12.2. The van der Waals surface area contributed by atoms with Crippen molar-refractivity contribution in [3.05, 3.63) is 33.6 Å². The molecule has 1 aliphatic heterocycles. The molecule has 2 aromatic rings. The topological polar surface area (TPSA) is 49.0 Å². The molecule has 1 spiro atoms. The average molecular weight is 304 g/mol. The largest absolute Gasteiger partial charge is 0.342 e. The number of hydrogen-bond acceptors (Lipinski definition) is 3. The van der Waals surface area contributed by atoms with Crippen molar-refractivity contribution in [2.75, 3.05) is 18.0 Å². The van der Waals surface area contributed by atoms with E-state index in [1.54, 1.807) is 18.2 Å². The van der Waals surface area contributed by atoms with Gasteiger partial charge in [-0.2, -0.15) is 0 Å². The summed E-state index contributed by atoms with van der Waals surface area (Å²) in [6, 6.07) is 5.22. The Bertz CT molecular complexity index is 751. The van der Waals surface area contributed by atoms with Crippen LogP contribution < -0.4 is 10.5 Å². The molecule has 0 bridgehead atoms. The molecule has 5 heteroatoms. The van der Waals surface area contributed by atoms with Crippen LogP contribution in [0.5, 0.6) is 0 Å². The van der Waals surface area contributed by atoms with Crippen LogP contribution in [0.25, 0.3) is 10.9 Å². The number of piperidine rings is 1. The number of nitrogens with one attached hydrogen (secondary N) is 1. The van der Waals surface area contributed by atoms with Crippen LogP contribution in [-0.4, -0.2) is 23.1 Å². The molecule has 1 aromatic carbocycles. The fraction of sp³-hybridized carbons (Fsp3) is 0.500. The zero-order chi connectivity index (χ0) is 14.4. The smallest absolute Gasteiger partial charge is 0.260 e. The summed E-state index contributed by atoms with van der Waals surface area (Å²) in [6.07, 6.45) is 6.45. The predicted molar refractivity (Wildman–Crippen MR) is 85.1 cm³/mol. The van der Waals surface area contributed by atoms with Gasteiger partial charge in [-0.25, -0.2) is 4.98 Å². The van der Waals surface area contributed by atoms with Gasteiger partial charge >= 0.3 is 0 Å². The first-order valence-corrected chi connectivity index (χ1v) is 7.98. The number of halogens is 1. The first-order valence-electron chi connectivity index (χ1n) is 7.60. The molecule has 4 nitrogen and oxygen atoms in total. The molecule has 4 rings (SSSR count). The zero-order valence-corrected chi connectivity index (χ0v) is 12.6. The van der Waals surface area contributed by atoms with Crippen LogP contribution in [0.2, 0.25) is 5.02 Å². The number of nitrogens with zero attached hydrogens (tertiary/aromatic N) is 2. The number of H-pyrrole nitrogens is 1. The highest BCUT2D eigenvalue weighted by atomic mass is 35.5. The van der Waals surface area contributed by atoms with Crippen molar-refractivity contribution in [1.82, 2.24) is 9.97 Å². The molecule has 110 valence electrons. The van der Waals surface area contributed by atoms with Gasteiger partial charge in [0, 0.05) is 18.1 Å². The molecular weight excluding hydrogens is 286 g/mol. The molecule has 1 aromatic heterocycles. The molecule has 1 saturated heterocycles. The van der Waals surface area contributed by atoms with Gasteiger partial charge in [-0.1, -0.05) is 18.0 Å². The number of aromatic amines is 1. The summed E-state index contributed by atoms with van der Waals surface area (Å²) in [7, 11) is 0. The van der Waals surface area contributed by atoms with Gasteiger partial charge in [-0.3, -0.25) is 9.78 Å². The van der Waals surface area contributed by atoms with E-state index in [1.807, 2.05) is 0 Å². The second-order valence-corrected chi connectivity index (χ2v) is 6.87. The van der Waals surface area contributed by atoms with Crippen LogP contribution in [0.3, 0.4) is 0 Å². The fourth-order valence-corrected chi connectivity index (χ4v) is 3.89. The summed E-state index contributed by atoms with van der Waals surface area (Å²) < 4.78 is 0. The molecule has 21 heavy (non-hydrogen) atoms. The SMILES string of the molecule is O=c1[nH]c(N2CCCC3(CCC3)C2)nc2cc(Cl)ccc12. The monoisotopic (exact) mass is 303 g/mol. The summed E-state index contributed by atoms with van der Waals surface area (Å²) in [5.74, 6) is 0.695. The van der Waals surface area contributed by atoms with Gasteiger partial charge < -0.3 is 4.90 Å². The average Bonchev–Trinajstić information content (AvgIpc) is 2.45. The third-order valence-corrected chi connectivity index (χ3v) is 5.27. The zero-order valence-electron chi connectivity index (χ0n) is 11.9. The minimum absolute atomic E-state index is 0.0834. The number of anilines is 1. The van der Waals surface area contributed by atoms with E-state index in [4.69, 9.17) is 11.6 Å². The number of aromatic nitrogens is 2. The molecular formula is C16H18ClN3O. The second kappa shape index (κ2) is 4.73. The third kappa shape index (κ3) is 2.22. The van der Waals surface area contributed by atoms with Gasteiger partial charge in [0.05, 0.1) is 10.9 Å². The maximum Gasteiger partial charge on any atom is 0.260 e. The predicted octanol–water partition coefficient (Wildman–Crippen LogP) is 3.35. The van der Waals surface area contributed by atoms with Crippen molar-refractivity contribution < 1.29 is 0 Å². The molecule has 0 atom stereocenters. The van der Waals surface area contributed by atoms with Gasteiger partial charge in [0.2, 0.25) is 5.95 Å². The Balaban J connectivity index is 1.74. The Morgan fingerprint density at radius 1 is 1.24 bits per heavy atom. The van der Waals surface area contributed by atoms with E-state index in [-0.39, 0.29) is 5.56 Å². The maximum atomic E-state index is 12.2. The Morgan fingerprint density at radius 3 is 2.81 bits per heavy atom. The first kappa shape index (κ1) is 13.1. The lowest BCUT2D eigenvalue weighted by Gasteiger charge is -2.49. The van der Waals surface area contributed by atoms with Crippen molar-refractivity contribution in [3.63, 3.8) is 0 Å². The minimum Gasteiger partial charge on any atom is -0.342 e. The van der Waals surface area contributed by atoms with Crippen LogP contribution in [0.1, 0.15) is 32.1 Å². The van der Waals surface area contributed by atoms with E-state index < -0.39 is 0 Å². The molecule has 0 radical (unpaired) electrons. The fourth-order valence-electron chi connectivity index (χ4n) is 3.72. The molecule has 0 unspecified atom stereocenters. The summed E-state index contributed by atoms with van der Waals surface area (Å²) in [4.78, 5) is 22.0. The van der Waals surface area contributed by atoms with Gasteiger partial charge in [0.15, 0.2) is 0 Å². The van der Waals surface area contributed by atoms with Crippen LogP contribution in [-0.2, 0) is 0 Å². The van der Waals surface area contributed by atoms with E-state index in [1.165, 1.54) is 32.1 Å². The lowest BCUT2D eigenvalue weighted by molar-refractivity contribution is 0.107. The van der Waals surface area contributed by atoms with Crippen LogP contribution in [0.15, 0.2) is 23.0 Å². The molecule has 2 heterocycles. The Labute approximate surface area is 128 Å². The first-order chi connectivity index (χ1) is 10.2. The van der Waals surface area contributed by atoms with E-state index in [9.17, 15) is 4.79 Å². The molecule has 1 N–H and O–H groups in total. The summed E-state index contributed by atoms with van der Waals surface area (Å²) in [6.45, 7) is 1.98. The number of rotatable bonds is 1. The summed E-state index contributed by atoms with van der Waals surface area (Å²) in [5, 5.41) is 1.21. The van der Waals surface area contributed by atoms with Crippen molar-refractivity contribution in [1.29, 1.82) is 0 Å². The highest BCUT2D eigenvalue weighted by Gasteiger charge is 2.40. The standard InChI is InChI=1S/C16H18ClN3O/c17-11-3-4-12-13(9-11)18-15(19-14(12)21)20-8-2-7-16(10-20)5-1-6-16/h3-4,9H,1-2,5-8,10H2,(H,18,19,21). The Hall–Kier alpha value is -1.55. The van der Waals surface area contributed by atoms with Crippen molar-refractivity contribution in [3.8, 4) is 0 Å². The van der Waals surface area contributed by atoms with Gasteiger partial charge in [-0.05, 0) is 49.3 Å². The molecule has 1 aliphatic carbocycles. The lowest BCUT2D eigenvalue weighted by atomic mass is 9.64. The van der Waals surface area contributed by atoms with Gasteiger partial charge in [-0.15, -0.1) is 0 Å². The van der Waals surface area contributed by atoms with E-state index >= 15 is 0 Å². The van der Waals surface area contributed by atoms with Crippen molar-refractivity contribution in [2.24, 2.45) is 5.41 Å². The van der Waals surface area contributed by atoms with Gasteiger partial charge in [0.1, 0.15) is 0 Å². The number of benzene rings is 1. The van der Waals surface area contributed by atoms with E-state index in [0.29, 0.717) is 27.3 Å². The summed E-state index contributed by atoms with van der Waals surface area (Å²) >= 11 is 6.02. The van der Waals surface area contributed by atoms with Crippen molar-refractivity contribution >= 4 is 28.5 Å².